The minimum Gasteiger partial charge on any atom is -0.453 e. The number of furan rings is 1. The largest absolute Gasteiger partial charge is 0.453 e. The quantitative estimate of drug-likeness (QED) is 0.775. The van der Waals surface area contributed by atoms with Crippen molar-refractivity contribution in [1.29, 1.82) is 0 Å². The highest BCUT2D eigenvalue weighted by molar-refractivity contribution is 9.10. The molecule has 4 heteroatoms. The molecule has 0 aliphatic heterocycles. The molecular formula is C11H6BrClO2. The van der Waals surface area contributed by atoms with Crippen molar-refractivity contribution in [3.8, 4) is 11.3 Å². The van der Waals surface area contributed by atoms with Crippen molar-refractivity contribution < 1.29 is 9.21 Å². The van der Waals surface area contributed by atoms with Crippen LogP contribution in [0.5, 0.6) is 0 Å². The zero-order valence-electron chi connectivity index (χ0n) is 7.54. The molecule has 0 radical (unpaired) electrons. The Bertz CT molecular complexity index is 505. The zero-order chi connectivity index (χ0) is 10.8. The molecule has 0 saturated heterocycles. The van der Waals surface area contributed by atoms with E-state index < -0.39 is 0 Å². The van der Waals surface area contributed by atoms with Gasteiger partial charge < -0.3 is 4.42 Å². The van der Waals surface area contributed by atoms with Crippen molar-refractivity contribution >= 4 is 33.8 Å². The molecule has 15 heavy (non-hydrogen) atoms. The molecule has 0 aliphatic rings. The van der Waals surface area contributed by atoms with Gasteiger partial charge in [0.2, 0.25) is 0 Å². The van der Waals surface area contributed by atoms with Gasteiger partial charge in [0, 0.05) is 10.0 Å². The topological polar surface area (TPSA) is 30.2 Å². The van der Waals surface area contributed by atoms with Crippen LogP contribution in [0.15, 0.2) is 39.2 Å². The van der Waals surface area contributed by atoms with Crippen LogP contribution in [0.1, 0.15) is 10.6 Å². The second-order valence-corrected chi connectivity index (χ2v) is 4.27. The number of carbonyl (C=O) groups is 1. The summed E-state index contributed by atoms with van der Waals surface area (Å²) in [6.07, 6.45) is 0.662. The molecular weight excluding hydrogens is 279 g/mol. The molecule has 0 aliphatic carbocycles. The molecule has 0 bridgehead atoms. The highest BCUT2D eigenvalue weighted by atomic mass is 79.9. The summed E-state index contributed by atoms with van der Waals surface area (Å²) in [5.41, 5.74) is 0.763. The first-order chi connectivity index (χ1) is 7.20. The van der Waals surface area contributed by atoms with Gasteiger partial charge >= 0.3 is 0 Å². The molecule has 0 N–H and O–H groups in total. The van der Waals surface area contributed by atoms with Crippen LogP contribution in [0.2, 0.25) is 5.02 Å². The van der Waals surface area contributed by atoms with Crippen molar-refractivity contribution in [1.82, 2.24) is 0 Å². The normalized spacial score (nSPS) is 10.3. The molecule has 76 valence electrons. The van der Waals surface area contributed by atoms with Gasteiger partial charge in [-0.1, -0.05) is 27.5 Å². The summed E-state index contributed by atoms with van der Waals surface area (Å²) in [6, 6.07) is 8.78. The van der Waals surface area contributed by atoms with Crippen molar-refractivity contribution in [3.05, 3.63) is 45.6 Å². The Kier molecular flexibility index (Phi) is 2.93. The van der Waals surface area contributed by atoms with Crippen LogP contribution in [-0.4, -0.2) is 6.29 Å². The average molecular weight is 286 g/mol. The fourth-order valence-corrected chi connectivity index (χ4v) is 1.82. The van der Waals surface area contributed by atoms with Crippen LogP contribution in [0.4, 0.5) is 0 Å². The number of halogens is 2. The van der Waals surface area contributed by atoms with Crippen molar-refractivity contribution in [2.24, 2.45) is 0 Å². The van der Waals surface area contributed by atoms with Crippen molar-refractivity contribution in [2.75, 3.05) is 0 Å². The van der Waals surface area contributed by atoms with E-state index in [2.05, 4.69) is 15.9 Å². The molecule has 2 rings (SSSR count). The van der Waals surface area contributed by atoms with Gasteiger partial charge in [0.15, 0.2) is 12.0 Å². The predicted octanol–water partition coefficient (Wildman–Crippen LogP) is 4.18. The lowest BCUT2D eigenvalue weighted by Gasteiger charge is -2.00. The van der Waals surface area contributed by atoms with E-state index in [1.165, 1.54) is 0 Å². The van der Waals surface area contributed by atoms with Gasteiger partial charge in [-0.25, -0.2) is 0 Å². The minimum atomic E-state index is 0.293. The summed E-state index contributed by atoms with van der Waals surface area (Å²) in [5, 5.41) is 0.588. The lowest BCUT2D eigenvalue weighted by atomic mass is 10.2. The second-order valence-electron chi connectivity index (χ2n) is 2.94. The Morgan fingerprint density at radius 1 is 1.27 bits per heavy atom. The maximum Gasteiger partial charge on any atom is 0.185 e. The predicted molar refractivity (Wildman–Crippen MR) is 62.2 cm³/mol. The maximum atomic E-state index is 10.5. The van der Waals surface area contributed by atoms with Crippen molar-refractivity contribution in [3.63, 3.8) is 0 Å². The Morgan fingerprint density at radius 3 is 2.73 bits per heavy atom. The van der Waals surface area contributed by atoms with E-state index in [0.29, 0.717) is 22.8 Å². The van der Waals surface area contributed by atoms with Gasteiger partial charge in [0.05, 0.1) is 5.02 Å². The number of hydrogen-bond donors (Lipinski definition) is 0. The van der Waals surface area contributed by atoms with Crippen LogP contribution in [0.25, 0.3) is 11.3 Å². The van der Waals surface area contributed by atoms with E-state index in [4.69, 9.17) is 16.0 Å². The van der Waals surface area contributed by atoms with E-state index >= 15 is 0 Å². The molecule has 1 heterocycles. The number of rotatable bonds is 2. The third kappa shape index (κ3) is 2.13. The first-order valence-corrected chi connectivity index (χ1v) is 5.38. The summed E-state index contributed by atoms with van der Waals surface area (Å²) >= 11 is 9.36. The minimum absolute atomic E-state index is 0.293. The summed E-state index contributed by atoms with van der Waals surface area (Å²) in [6.45, 7) is 0. The van der Waals surface area contributed by atoms with Crippen LogP contribution in [0, 0.1) is 0 Å². The fraction of sp³-hybridized carbons (Fsp3) is 0. The van der Waals surface area contributed by atoms with Gasteiger partial charge in [0.25, 0.3) is 0 Å². The van der Waals surface area contributed by atoms with Gasteiger partial charge in [-0.05, 0) is 30.3 Å². The lowest BCUT2D eigenvalue weighted by Crippen LogP contribution is -1.77. The van der Waals surface area contributed by atoms with Gasteiger partial charge in [-0.3, -0.25) is 4.79 Å². The molecule has 0 amide bonds. The number of benzene rings is 1. The van der Waals surface area contributed by atoms with Gasteiger partial charge in [-0.15, -0.1) is 0 Å². The molecule has 0 spiro atoms. The monoisotopic (exact) mass is 284 g/mol. The van der Waals surface area contributed by atoms with Gasteiger partial charge in [-0.2, -0.15) is 0 Å². The lowest BCUT2D eigenvalue weighted by molar-refractivity contribution is 0.110. The summed E-state index contributed by atoms with van der Waals surface area (Å²) in [7, 11) is 0. The second kappa shape index (κ2) is 4.21. The maximum absolute atomic E-state index is 10.5. The standard InChI is InChI=1S/C11H6BrClO2/c12-7-1-3-10(13)9(5-7)11-4-2-8(6-14)15-11/h1-6H. The Balaban J connectivity index is 2.52. The molecule has 0 unspecified atom stereocenters. The van der Waals surface area contributed by atoms with E-state index in [0.717, 1.165) is 10.0 Å². The highest BCUT2D eigenvalue weighted by Gasteiger charge is 2.08. The Hall–Kier alpha value is -1.06. The van der Waals surface area contributed by atoms with E-state index in [9.17, 15) is 4.79 Å². The zero-order valence-corrected chi connectivity index (χ0v) is 9.88. The van der Waals surface area contributed by atoms with E-state index in [-0.39, 0.29) is 0 Å². The molecule has 0 saturated carbocycles. The van der Waals surface area contributed by atoms with Crippen LogP contribution >= 0.6 is 27.5 Å². The first-order valence-electron chi connectivity index (χ1n) is 4.21. The molecule has 0 atom stereocenters. The highest BCUT2D eigenvalue weighted by Crippen LogP contribution is 2.31. The summed E-state index contributed by atoms with van der Waals surface area (Å²) in [5.74, 6) is 0.879. The fourth-order valence-electron chi connectivity index (χ4n) is 1.25. The molecule has 2 aromatic rings. The summed E-state index contributed by atoms with van der Waals surface area (Å²) < 4.78 is 6.19. The van der Waals surface area contributed by atoms with E-state index in [1.54, 1.807) is 18.2 Å². The Labute approximate surface area is 100.0 Å². The van der Waals surface area contributed by atoms with Crippen LogP contribution in [-0.2, 0) is 0 Å². The first kappa shape index (κ1) is 10.5. The number of hydrogen-bond acceptors (Lipinski definition) is 2. The average Bonchev–Trinajstić information content (AvgIpc) is 2.70. The van der Waals surface area contributed by atoms with Crippen molar-refractivity contribution in [2.45, 2.75) is 0 Å². The SMILES string of the molecule is O=Cc1ccc(-c2cc(Br)ccc2Cl)o1. The van der Waals surface area contributed by atoms with Crippen LogP contribution in [0.3, 0.4) is 0 Å². The Morgan fingerprint density at radius 2 is 2.07 bits per heavy atom. The number of carbonyl (C=O) groups excluding carboxylic acids is 1. The van der Waals surface area contributed by atoms with E-state index in [1.807, 2.05) is 12.1 Å². The molecule has 1 aromatic heterocycles. The van der Waals surface area contributed by atoms with Crippen LogP contribution < -0.4 is 0 Å². The molecule has 2 nitrogen and oxygen atoms in total. The summed E-state index contributed by atoms with van der Waals surface area (Å²) in [4.78, 5) is 10.5. The number of aldehydes is 1. The van der Waals surface area contributed by atoms with Gasteiger partial charge in [0.1, 0.15) is 5.76 Å². The third-order valence-electron chi connectivity index (χ3n) is 1.94. The smallest absolute Gasteiger partial charge is 0.185 e. The molecule has 0 fully saturated rings. The molecule has 1 aromatic carbocycles. The third-order valence-corrected chi connectivity index (χ3v) is 2.76.